The lowest BCUT2D eigenvalue weighted by Gasteiger charge is -2.27. The number of nitrogens with zero attached hydrogens (tertiary/aromatic N) is 4. The van der Waals surface area contributed by atoms with Crippen molar-refractivity contribution in [3.63, 3.8) is 0 Å². The van der Waals surface area contributed by atoms with Crippen molar-refractivity contribution in [3.05, 3.63) is 41.3 Å². The van der Waals surface area contributed by atoms with Crippen molar-refractivity contribution in [2.24, 2.45) is 10.4 Å². The second-order valence-corrected chi connectivity index (χ2v) is 7.69. The zero-order valence-corrected chi connectivity index (χ0v) is 17.6. The minimum absolute atomic E-state index is 0.0199. The summed E-state index contributed by atoms with van der Waals surface area (Å²) in [7, 11) is 0. The fourth-order valence-corrected chi connectivity index (χ4v) is 3.59. The highest BCUT2D eigenvalue weighted by molar-refractivity contribution is 5.79. The first kappa shape index (κ1) is 21.3. The topological polar surface area (TPSA) is 96.6 Å². The SMILES string of the molecule is CCNC(=NCc1ccc(-n2nc(C)cc2C)nc1)NCC1(CCO)CCOC1. The van der Waals surface area contributed by atoms with Crippen molar-refractivity contribution >= 4 is 5.96 Å². The zero-order chi connectivity index (χ0) is 20.7. The molecule has 1 saturated heterocycles. The largest absolute Gasteiger partial charge is 0.396 e. The van der Waals surface area contributed by atoms with Gasteiger partial charge in [0.15, 0.2) is 11.8 Å². The maximum Gasteiger partial charge on any atom is 0.191 e. The van der Waals surface area contributed by atoms with Crippen LogP contribution in [0.15, 0.2) is 29.4 Å². The van der Waals surface area contributed by atoms with Gasteiger partial charge in [-0.1, -0.05) is 6.07 Å². The highest BCUT2D eigenvalue weighted by Gasteiger charge is 2.34. The Kier molecular flexibility index (Phi) is 7.22. The standard InChI is InChI=1S/C21H32N6O2/c1-4-22-20(25-14-21(7-9-28)8-10-29-15-21)24-13-18-5-6-19(23-12-18)27-17(3)11-16(2)26-27/h5-6,11-12,28H,4,7-10,13-15H2,1-3H3,(H2,22,24,25). The molecule has 1 unspecified atom stereocenters. The number of nitrogens with one attached hydrogen (secondary N) is 2. The van der Waals surface area contributed by atoms with Gasteiger partial charge in [0.1, 0.15) is 0 Å². The third-order valence-electron chi connectivity index (χ3n) is 5.26. The molecule has 0 spiro atoms. The first-order valence-electron chi connectivity index (χ1n) is 10.2. The smallest absolute Gasteiger partial charge is 0.191 e. The molecule has 29 heavy (non-hydrogen) atoms. The van der Waals surface area contributed by atoms with E-state index in [2.05, 4.69) is 25.7 Å². The molecule has 0 saturated carbocycles. The lowest BCUT2D eigenvalue weighted by molar-refractivity contribution is 0.127. The van der Waals surface area contributed by atoms with Crippen molar-refractivity contribution < 1.29 is 9.84 Å². The van der Waals surface area contributed by atoms with Crippen LogP contribution in [0.25, 0.3) is 5.82 Å². The van der Waals surface area contributed by atoms with Gasteiger partial charge in [0.25, 0.3) is 0 Å². The molecule has 0 aromatic carbocycles. The third kappa shape index (κ3) is 5.55. The molecule has 8 heteroatoms. The molecule has 3 N–H and O–H groups in total. The molecule has 3 rings (SSSR count). The molecule has 1 atom stereocenters. The summed E-state index contributed by atoms with van der Waals surface area (Å²) in [6, 6.07) is 6.04. The quantitative estimate of drug-likeness (QED) is 0.461. The molecule has 158 valence electrons. The molecule has 2 aromatic heterocycles. The highest BCUT2D eigenvalue weighted by Crippen LogP contribution is 2.31. The monoisotopic (exact) mass is 400 g/mol. The highest BCUT2D eigenvalue weighted by atomic mass is 16.5. The Morgan fingerprint density at radius 1 is 1.34 bits per heavy atom. The number of rotatable bonds is 8. The van der Waals surface area contributed by atoms with Crippen LogP contribution in [0, 0.1) is 19.3 Å². The first-order valence-corrected chi connectivity index (χ1v) is 10.2. The minimum Gasteiger partial charge on any atom is -0.396 e. The Labute approximate surface area is 172 Å². The van der Waals surface area contributed by atoms with E-state index in [9.17, 15) is 5.11 Å². The van der Waals surface area contributed by atoms with E-state index in [1.54, 1.807) is 0 Å². The molecular formula is C21H32N6O2. The van der Waals surface area contributed by atoms with Crippen LogP contribution < -0.4 is 10.6 Å². The molecule has 0 bridgehead atoms. The Morgan fingerprint density at radius 2 is 2.21 bits per heavy atom. The van der Waals surface area contributed by atoms with E-state index in [-0.39, 0.29) is 12.0 Å². The van der Waals surface area contributed by atoms with E-state index in [0.29, 0.717) is 13.2 Å². The van der Waals surface area contributed by atoms with Crippen molar-refractivity contribution in [1.29, 1.82) is 0 Å². The summed E-state index contributed by atoms with van der Waals surface area (Å²) < 4.78 is 7.41. The number of aromatic nitrogens is 3. The second-order valence-electron chi connectivity index (χ2n) is 7.69. The maximum atomic E-state index is 9.39. The van der Waals surface area contributed by atoms with Crippen molar-refractivity contribution in [3.8, 4) is 5.82 Å². The van der Waals surface area contributed by atoms with Crippen LogP contribution in [0.3, 0.4) is 0 Å². The number of ether oxygens (including phenoxy) is 1. The van der Waals surface area contributed by atoms with Crippen LogP contribution in [0.1, 0.15) is 36.7 Å². The van der Waals surface area contributed by atoms with E-state index in [1.807, 2.05) is 49.8 Å². The number of aryl methyl sites for hydroxylation is 2. The summed E-state index contributed by atoms with van der Waals surface area (Å²) >= 11 is 0. The van der Waals surface area contributed by atoms with Gasteiger partial charge in [-0.3, -0.25) is 0 Å². The van der Waals surface area contributed by atoms with Gasteiger partial charge in [-0.25, -0.2) is 14.7 Å². The molecule has 0 aliphatic carbocycles. The fourth-order valence-electron chi connectivity index (χ4n) is 3.59. The summed E-state index contributed by atoms with van der Waals surface area (Å²) in [5, 5.41) is 20.6. The zero-order valence-electron chi connectivity index (χ0n) is 17.6. The van der Waals surface area contributed by atoms with Crippen molar-refractivity contribution in [2.45, 2.75) is 40.2 Å². The average Bonchev–Trinajstić information content (AvgIpc) is 3.31. The van der Waals surface area contributed by atoms with Crippen LogP contribution in [0.5, 0.6) is 0 Å². The number of guanidine groups is 1. The van der Waals surface area contributed by atoms with E-state index in [1.165, 1.54) is 0 Å². The van der Waals surface area contributed by atoms with Crippen LogP contribution in [-0.2, 0) is 11.3 Å². The third-order valence-corrected chi connectivity index (χ3v) is 5.26. The van der Waals surface area contributed by atoms with E-state index >= 15 is 0 Å². The molecule has 1 fully saturated rings. The van der Waals surface area contributed by atoms with Gasteiger partial charge in [0, 0.05) is 43.6 Å². The minimum atomic E-state index is -0.0199. The number of aliphatic hydroxyl groups is 1. The number of aliphatic hydroxyl groups excluding tert-OH is 1. The van der Waals surface area contributed by atoms with Crippen molar-refractivity contribution in [2.75, 3.05) is 32.9 Å². The predicted octanol–water partition coefficient (Wildman–Crippen LogP) is 1.73. The van der Waals surface area contributed by atoms with E-state index in [4.69, 9.17) is 4.74 Å². The number of hydrogen-bond donors (Lipinski definition) is 3. The first-order chi connectivity index (χ1) is 14.0. The number of hydrogen-bond acceptors (Lipinski definition) is 5. The Bertz CT molecular complexity index is 809. The number of pyridine rings is 1. The van der Waals surface area contributed by atoms with Crippen LogP contribution >= 0.6 is 0 Å². The Morgan fingerprint density at radius 3 is 2.79 bits per heavy atom. The predicted molar refractivity (Wildman–Crippen MR) is 113 cm³/mol. The molecular weight excluding hydrogens is 368 g/mol. The molecule has 1 aliphatic rings. The molecule has 2 aromatic rings. The van der Waals surface area contributed by atoms with Gasteiger partial charge >= 0.3 is 0 Å². The van der Waals surface area contributed by atoms with Crippen LogP contribution in [-0.4, -0.2) is 58.7 Å². The Hall–Kier alpha value is -2.45. The summed E-state index contributed by atoms with van der Waals surface area (Å²) in [6.45, 7) is 9.69. The normalized spacial score (nSPS) is 19.5. The summed E-state index contributed by atoms with van der Waals surface area (Å²) in [4.78, 5) is 9.23. The van der Waals surface area contributed by atoms with Gasteiger partial charge in [-0.2, -0.15) is 5.10 Å². The number of aliphatic imine (C=N–C) groups is 1. The summed E-state index contributed by atoms with van der Waals surface area (Å²) in [5.74, 6) is 1.57. The molecule has 8 nitrogen and oxygen atoms in total. The molecule has 1 aliphatic heterocycles. The van der Waals surface area contributed by atoms with E-state index in [0.717, 1.165) is 61.3 Å². The maximum absolute atomic E-state index is 9.39. The van der Waals surface area contributed by atoms with Crippen LogP contribution in [0.4, 0.5) is 0 Å². The fraction of sp³-hybridized carbons (Fsp3) is 0.571. The van der Waals surface area contributed by atoms with Gasteiger partial charge < -0.3 is 20.5 Å². The molecule has 0 radical (unpaired) electrons. The van der Waals surface area contributed by atoms with E-state index < -0.39 is 0 Å². The van der Waals surface area contributed by atoms with Crippen LogP contribution in [0.2, 0.25) is 0 Å². The lowest BCUT2D eigenvalue weighted by Crippen LogP contribution is -2.44. The van der Waals surface area contributed by atoms with Crippen molar-refractivity contribution in [1.82, 2.24) is 25.4 Å². The summed E-state index contributed by atoms with van der Waals surface area (Å²) in [6.07, 6.45) is 3.53. The van der Waals surface area contributed by atoms with Gasteiger partial charge in [-0.05, 0) is 51.3 Å². The molecule has 0 amide bonds. The average molecular weight is 401 g/mol. The lowest BCUT2D eigenvalue weighted by atomic mass is 9.84. The molecule has 3 heterocycles. The van der Waals surface area contributed by atoms with Gasteiger partial charge in [-0.15, -0.1) is 0 Å². The Balaban J connectivity index is 1.63. The summed E-state index contributed by atoms with van der Waals surface area (Å²) in [5.41, 5.74) is 3.05. The van der Waals surface area contributed by atoms with Gasteiger partial charge in [0.2, 0.25) is 0 Å². The van der Waals surface area contributed by atoms with Gasteiger partial charge in [0.05, 0.1) is 18.8 Å². The second kappa shape index (κ2) is 9.84.